The molecule has 0 saturated heterocycles. The summed E-state index contributed by atoms with van der Waals surface area (Å²) in [6.07, 6.45) is 15.3. The van der Waals surface area contributed by atoms with E-state index in [0.717, 1.165) is 23.4 Å². The molecule has 0 atom stereocenters. The highest BCUT2D eigenvalue weighted by atomic mass is 79.9. The molecule has 0 aliphatic rings. The number of ether oxygens (including phenoxy) is 1. The number of rotatable bonds is 12. The van der Waals surface area contributed by atoms with E-state index in [4.69, 9.17) is 4.74 Å². The Kier molecular flexibility index (Phi) is 10.7. The monoisotopic (exact) mass is 341 g/mol. The molecular formula is C17H28BrNO. The zero-order valence-corrected chi connectivity index (χ0v) is 14.3. The number of hydrogen-bond acceptors (Lipinski definition) is 2. The van der Waals surface area contributed by atoms with Crippen LogP contribution in [0.2, 0.25) is 0 Å². The standard InChI is InChI=1S/C17H28BrNO/c1-2-3-4-5-6-7-8-9-10-11-14-20-17-13-12-16(18)15-19-17/h12-13,15H,2-11,14H2,1H3. The second kappa shape index (κ2) is 12.2. The van der Waals surface area contributed by atoms with Crippen molar-refractivity contribution >= 4 is 15.9 Å². The molecule has 1 aromatic heterocycles. The van der Waals surface area contributed by atoms with Crippen molar-refractivity contribution in [1.29, 1.82) is 0 Å². The van der Waals surface area contributed by atoms with E-state index in [0.29, 0.717) is 0 Å². The molecule has 114 valence electrons. The van der Waals surface area contributed by atoms with Crippen molar-refractivity contribution in [2.24, 2.45) is 0 Å². The number of hydrogen-bond donors (Lipinski definition) is 0. The molecule has 0 fully saturated rings. The van der Waals surface area contributed by atoms with E-state index >= 15 is 0 Å². The SMILES string of the molecule is CCCCCCCCCCCCOc1ccc(Br)cn1. The Labute approximate surface area is 132 Å². The van der Waals surface area contributed by atoms with Gasteiger partial charge < -0.3 is 4.74 Å². The molecule has 1 rings (SSSR count). The van der Waals surface area contributed by atoms with E-state index in [2.05, 4.69) is 27.8 Å². The Hall–Kier alpha value is -0.570. The van der Waals surface area contributed by atoms with Crippen LogP contribution in [0.5, 0.6) is 5.88 Å². The number of unbranched alkanes of at least 4 members (excludes halogenated alkanes) is 9. The molecule has 2 nitrogen and oxygen atoms in total. The van der Waals surface area contributed by atoms with E-state index in [-0.39, 0.29) is 0 Å². The van der Waals surface area contributed by atoms with Gasteiger partial charge in [0, 0.05) is 16.7 Å². The summed E-state index contributed by atoms with van der Waals surface area (Å²) < 4.78 is 6.59. The van der Waals surface area contributed by atoms with Crippen LogP contribution in [-0.4, -0.2) is 11.6 Å². The van der Waals surface area contributed by atoms with E-state index in [1.807, 2.05) is 12.1 Å². The van der Waals surface area contributed by atoms with Crippen LogP contribution in [0.4, 0.5) is 0 Å². The van der Waals surface area contributed by atoms with Gasteiger partial charge in [-0.3, -0.25) is 0 Å². The molecule has 0 aromatic carbocycles. The average Bonchev–Trinajstić information content (AvgIpc) is 2.47. The van der Waals surface area contributed by atoms with Crippen molar-refractivity contribution < 1.29 is 4.74 Å². The van der Waals surface area contributed by atoms with E-state index in [9.17, 15) is 0 Å². The molecular weight excluding hydrogens is 314 g/mol. The first-order valence-electron chi connectivity index (χ1n) is 8.07. The predicted octanol–water partition coefficient (Wildman–Crippen LogP) is 6.14. The van der Waals surface area contributed by atoms with Crippen LogP contribution in [0.1, 0.15) is 71.1 Å². The molecule has 0 aliphatic heterocycles. The molecule has 0 bridgehead atoms. The largest absolute Gasteiger partial charge is 0.478 e. The third-order valence-electron chi connectivity index (χ3n) is 3.45. The predicted molar refractivity (Wildman–Crippen MR) is 89.3 cm³/mol. The Bertz CT molecular complexity index is 326. The zero-order chi connectivity index (χ0) is 14.5. The fourth-order valence-electron chi connectivity index (χ4n) is 2.21. The van der Waals surface area contributed by atoms with Gasteiger partial charge >= 0.3 is 0 Å². The number of pyridine rings is 1. The summed E-state index contributed by atoms with van der Waals surface area (Å²) >= 11 is 3.36. The minimum atomic E-state index is 0.726. The van der Waals surface area contributed by atoms with Crippen molar-refractivity contribution in [2.45, 2.75) is 71.1 Å². The molecule has 0 N–H and O–H groups in total. The lowest BCUT2D eigenvalue weighted by molar-refractivity contribution is 0.293. The molecule has 0 aliphatic carbocycles. The van der Waals surface area contributed by atoms with Crippen LogP contribution in [0.3, 0.4) is 0 Å². The summed E-state index contributed by atoms with van der Waals surface area (Å²) in [5, 5.41) is 0. The maximum atomic E-state index is 5.60. The van der Waals surface area contributed by atoms with E-state index in [1.54, 1.807) is 6.20 Å². The quantitative estimate of drug-likeness (QED) is 0.425. The second-order valence-electron chi connectivity index (χ2n) is 5.35. The van der Waals surface area contributed by atoms with E-state index < -0.39 is 0 Å². The van der Waals surface area contributed by atoms with Crippen LogP contribution in [0.25, 0.3) is 0 Å². The van der Waals surface area contributed by atoms with Crippen molar-refractivity contribution in [1.82, 2.24) is 4.98 Å². The lowest BCUT2D eigenvalue weighted by Gasteiger charge is -2.05. The lowest BCUT2D eigenvalue weighted by Crippen LogP contribution is -1.98. The summed E-state index contributed by atoms with van der Waals surface area (Å²) in [5.74, 6) is 0.726. The Morgan fingerprint density at radius 2 is 1.50 bits per heavy atom. The molecule has 0 saturated carbocycles. The molecule has 0 radical (unpaired) electrons. The van der Waals surface area contributed by atoms with E-state index in [1.165, 1.54) is 57.8 Å². The van der Waals surface area contributed by atoms with Gasteiger partial charge in [0.15, 0.2) is 0 Å². The van der Waals surface area contributed by atoms with Gasteiger partial charge in [0.1, 0.15) is 0 Å². The highest BCUT2D eigenvalue weighted by Crippen LogP contribution is 2.13. The number of nitrogens with zero attached hydrogens (tertiary/aromatic N) is 1. The smallest absolute Gasteiger partial charge is 0.213 e. The molecule has 1 heterocycles. The minimum absolute atomic E-state index is 0.726. The maximum Gasteiger partial charge on any atom is 0.213 e. The summed E-state index contributed by atoms with van der Waals surface area (Å²) in [6.45, 7) is 3.05. The summed E-state index contributed by atoms with van der Waals surface area (Å²) in [6, 6.07) is 3.86. The van der Waals surface area contributed by atoms with Crippen molar-refractivity contribution in [3.05, 3.63) is 22.8 Å². The molecule has 3 heteroatoms. The molecule has 0 spiro atoms. The van der Waals surface area contributed by atoms with Crippen LogP contribution in [0, 0.1) is 0 Å². The van der Waals surface area contributed by atoms with Crippen LogP contribution >= 0.6 is 15.9 Å². The highest BCUT2D eigenvalue weighted by Gasteiger charge is 1.96. The normalized spacial score (nSPS) is 10.7. The third-order valence-corrected chi connectivity index (χ3v) is 3.92. The first-order valence-corrected chi connectivity index (χ1v) is 8.86. The van der Waals surface area contributed by atoms with Gasteiger partial charge in [-0.2, -0.15) is 0 Å². The topological polar surface area (TPSA) is 22.1 Å². The molecule has 1 aromatic rings. The molecule has 20 heavy (non-hydrogen) atoms. The summed E-state index contributed by atoms with van der Waals surface area (Å²) in [7, 11) is 0. The Morgan fingerprint density at radius 3 is 2.05 bits per heavy atom. The average molecular weight is 342 g/mol. The summed E-state index contributed by atoms with van der Waals surface area (Å²) in [4.78, 5) is 4.19. The van der Waals surface area contributed by atoms with Gasteiger partial charge in [0.2, 0.25) is 5.88 Å². The minimum Gasteiger partial charge on any atom is -0.478 e. The van der Waals surface area contributed by atoms with Crippen LogP contribution < -0.4 is 4.74 Å². The number of aromatic nitrogens is 1. The first-order chi connectivity index (χ1) is 9.83. The van der Waals surface area contributed by atoms with Gasteiger partial charge in [-0.25, -0.2) is 4.98 Å². The van der Waals surface area contributed by atoms with Gasteiger partial charge in [0.05, 0.1) is 6.61 Å². The van der Waals surface area contributed by atoms with Crippen LogP contribution in [-0.2, 0) is 0 Å². The summed E-state index contributed by atoms with van der Waals surface area (Å²) in [5.41, 5.74) is 0. The van der Waals surface area contributed by atoms with Gasteiger partial charge in [-0.1, -0.05) is 64.7 Å². The lowest BCUT2D eigenvalue weighted by atomic mass is 10.1. The molecule has 0 unspecified atom stereocenters. The first kappa shape index (κ1) is 17.5. The van der Waals surface area contributed by atoms with Crippen LogP contribution in [0.15, 0.2) is 22.8 Å². The van der Waals surface area contributed by atoms with Crippen molar-refractivity contribution in [3.8, 4) is 5.88 Å². The number of halogens is 1. The fraction of sp³-hybridized carbons (Fsp3) is 0.706. The maximum absolute atomic E-state index is 5.60. The van der Waals surface area contributed by atoms with Gasteiger partial charge in [-0.05, 0) is 28.4 Å². The third kappa shape index (κ3) is 9.35. The van der Waals surface area contributed by atoms with Gasteiger partial charge in [-0.15, -0.1) is 0 Å². The second-order valence-corrected chi connectivity index (χ2v) is 6.26. The van der Waals surface area contributed by atoms with Crippen molar-refractivity contribution in [2.75, 3.05) is 6.61 Å². The zero-order valence-electron chi connectivity index (χ0n) is 12.7. The highest BCUT2D eigenvalue weighted by molar-refractivity contribution is 9.10. The van der Waals surface area contributed by atoms with Gasteiger partial charge in [0.25, 0.3) is 0 Å². The Balaban J connectivity index is 1.84. The Morgan fingerprint density at radius 1 is 0.900 bits per heavy atom. The fourth-order valence-corrected chi connectivity index (χ4v) is 2.45. The molecule has 0 amide bonds. The van der Waals surface area contributed by atoms with Crippen molar-refractivity contribution in [3.63, 3.8) is 0 Å².